The van der Waals surface area contributed by atoms with Crippen molar-refractivity contribution >= 4 is 17.3 Å². The first-order chi connectivity index (χ1) is 8.68. The van der Waals surface area contributed by atoms with Crippen LogP contribution in [0.2, 0.25) is 5.02 Å². The number of hydrogen-bond acceptors (Lipinski definition) is 4. The Balaban J connectivity index is 1.87. The van der Waals surface area contributed by atoms with Gasteiger partial charge < -0.3 is 10.3 Å². The summed E-state index contributed by atoms with van der Waals surface area (Å²) >= 11 is 5.92. The van der Waals surface area contributed by atoms with E-state index >= 15 is 0 Å². The number of rotatable bonds is 5. The molecule has 0 bridgehead atoms. The molecule has 96 valence electrons. The van der Waals surface area contributed by atoms with Crippen molar-refractivity contribution in [3.05, 3.63) is 39.8 Å². The number of hydrogen-bond donors (Lipinski definition) is 2. The van der Waals surface area contributed by atoms with Crippen molar-refractivity contribution in [2.24, 2.45) is 7.05 Å². The molecule has 2 aromatic rings. The first-order valence-corrected chi connectivity index (χ1v) is 6.00. The maximum Gasteiger partial charge on any atom is 0.287 e. The van der Waals surface area contributed by atoms with Crippen molar-refractivity contribution in [3.8, 4) is 0 Å². The van der Waals surface area contributed by atoms with Gasteiger partial charge in [0, 0.05) is 32.4 Å². The summed E-state index contributed by atoms with van der Waals surface area (Å²) in [4.78, 5) is 18.7. The molecule has 2 rings (SSSR count). The standard InChI is InChI=1S/C11H14ClN5O/c1-17-11(18)10(12)8(7-16-17)13-4-2-3-9-14-5-6-15-9/h5-7,13H,2-4H2,1H3,(H,14,15). The van der Waals surface area contributed by atoms with Crippen LogP contribution >= 0.6 is 11.6 Å². The lowest BCUT2D eigenvalue weighted by Gasteiger charge is -2.07. The summed E-state index contributed by atoms with van der Waals surface area (Å²) < 4.78 is 1.20. The second kappa shape index (κ2) is 5.68. The van der Waals surface area contributed by atoms with Crippen LogP contribution in [0.3, 0.4) is 0 Å². The Morgan fingerprint density at radius 2 is 2.39 bits per heavy atom. The Morgan fingerprint density at radius 3 is 3.11 bits per heavy atom. The Kier molecular flexibility index (Phi) is 3.99. The highest BCUT2D eigenvalue weighted by Crippen LogP contribution is 2.14. The van der Waals surface area contributed by atoms with Crippen LogP contribution in [0.1, 0.15) is 12.2 Å². The Hall–Kier alpha value is -1.82. The third-order valence-corrected chi connectivity index (χ3v) is 2.90. The number of aryl methyl sites for hydroxylation is 2. The molecule has 0 radical (unpaired) electrons. The van der Waals surface area contributed by atoms with E-state index in [0.717, 1.165) is 18.7 Å². The molecule has 0 atom stereocenters. The van der Waals surface area contributed by atoms with Crippen LogP contribution in [-0.2, 0) is 13.5 Å². The average Bonchev–Trinajstić information content (AvgIpc) is 2.87. The number of H-pyrrole nitrogens is 1. The second-order valence-electron chi connectivity index (χ2n) is 3.87. The summed E-state index contributed by atoms with van der Waals surface area (Å²) in [5.41, 5.74) is 0.270. The molecule has 7 heteroatoms. The zero-order valence-electron chi connectivity index (χ0n) is 9.98. The fraction of sp³-hybridized carbons (Fsp3) is 0.364. The van der Waals surface area contributed by atoms with E-state index in [1.807, 2.05) is 0 Å². The monoisotopic (exact) mass is 267 g/mol. The molecule has 0 spiro atoms. The van der Waals surface area contributed by atoms with Crippen molar-refractivity contribution in [2.75, 3.05) is 11.9 Å². The molecule has 0 unspecified atom stereocenters. The third-order valence-electron chi connectivity index (χ3n) is 2.54. The van der Waals surface area contributed by atoms with Gasteiger partial charge in [-0.15, -0.1) is 0 Å². The van der Waals surface area contributed by atoms with E-state index in [2.05, 4.69) is 20.4 Å². The van der Waals surface area contributed by atoms with Crippen LogP contribution in [0.15, 0.2) is 23.4 Å². The molecule has 2 N–H and O–H groups in total. The molecule has 2 heterocycles. The topological polar surface area (TPSA) is 75.6 Å². The van der Waals surface area contributed by atoms with Gasteiger partial charge in [0.2, 0.25) is 0 Å². The summed E-state index contributed by atoms with van der Waals surface area (Å²) in [6.45, 7) is 0.704. The van der Waals surface area contributed by atoms with E-state index in [4.69, 9.17) is 11.6 Å². The molecule has 0 saturated heterocycles. The lowest BCUT2D eigenvalue weighted by Crippen LogP contribution is -2.21. The van der Waals surface area contributed by atoms with Gasteiger partial charge >= 0.3 is 0 Å². The quantitative estimate of drug-likeness (QED) is 0.799. The molecule has 2 aromatic heterocycles. The van der Waals surface area contributed by atoms with E-state index in [9.17, 15) is 4.79 Å². The third kappa shape index (κ3) is 2.89. The summed E-state index contributed by atoms with van der Waals surface area (Å²) in [5.74, 6) is 0.949. The number of aromatic amines is 1. The van der Waals surface area contributed by atoms with E-state index in [-0.39, 0.29) is 10.6 Å². The molecule has 0 fully saturated rings. The van der Waals surface area contributed by atoms with Gasteiger partial charge in [-0.1, -0.05) is 11.6 Å². The molecule has 18 heavy (non-hydrogen) atoms. The van der Waals surface area contributed by atoms with E-state index in [1.165, 1.54) is 4.68 Å². The van der Waals surface area contributed by atoms with E-state index < -0.39 is 0 Å². The lowest BCUT2D eigenvalue weighted by atomic mass is 10.3. The fourth-order valence-corrected chi connectivity index (χ4v) is 1.79. The van der Waals surface area contributed by atoms with E-state index in [1.54, 1.807) is 25.6 Å². The molecular formula is C11H14ClN5O. The Labute approximate surface area is 109 Å². The molecule has 0 saturated carbocycles. The SMILES string of the molecule is Cn1ncc(NCCCc2ncc[nH]2)c(Cl)c1=O. The molecule has 0 aromatic carbocycles. The minimum Gasteiger partial charge on any atom is -0.382 e. The van der Waals surface area contributed by atoms with Crippen molar-refractivity contribution in [3.63, 3.8) is 0 Å². The summed E-state index contributed by atoms with van der Waals surface area (Å²) in [6, 6.07) is 0. The van der Waals surface area contributed by atoms with Crippen LogP contribution in [-0.4, -0.2) is 26.3 Å². The van der Waals surface area contributed by atoms with Crippen LogP contribution in [0, 0.1) is 0 Å². The normalized spacial score (nSPS) is 10.6. The molecule has 0 aliphatic carbocycles. The predicted octanol–water partition coefficient (Wildman–Crippen LogP) is 1.20. The minimum atomic E-state index is -0.298. The number of anilines is 1. The molecule has 6 nitrogen and oxygen atoms in total. The zero-order chi connectivity index (χ0) is 13.0. The maximum absolute atomic E-state index is 11.5. The van der Waals surface area contributed by atoms with Crippen LogP contribution in [0.25, 0.3) is 0 Å². The number of nitrogens with one attached hydrogen (secondary N) is 2. The van der Waals surface area contributed by atoms with Crippen molar-refractivity contribution in [2.45, 2.75) is 12.8 Å². The average molecular weight is 268 g/mol. The van der Waals surface area contributed by atoms with Crippen molar-refractivity contribution < 1.29 is 0 Å². The second-order valence-corrected chi connectivity index (χ2v) is 4.25. The Bertz CT molecular complexity index is 563. The van der Waals surface area contributed by atoms with Crippen LogP contribution in [0.5, 0.6) is 0 Å². The van der Waals surface area contributed by atoms with Gasteiger partial charge in [0.05, 0.1) is 11.9 Å². The van der Waals surface area contributed by atoms with Crippen molar-refractivity contribution in [1.29, 1.82) is 0 Å². The summed E-state index contributed by atoms with van der Waals surface area (Å²) in [5, 5.41) is 7.17. The Morgan fingerprint density at radius 1 is 1.56 bits per heavy atom. The highest BCUT2D eigenvalue weighted by Gasteiger charge is 2.06. The molecule has 0 amide bonds. The van der Waals surface area contributed by atoms with Gasteiger partial charge in [0.15, 0.2) is 0 Å². The number of aromatic nitrogens is 4. The summed E-state index contributed by atoms with van der Waals surface area (Å²) in [6.07, 6.45) is 6.81. The van der Waals surface area contributed by atoms with Gasteiger partial charge in [0.1, 0.15) is 10.8 Å². The maximum atomic E-state index is 11.5. The number of halogens is 1. The molecule has 0 aliphatic rings. The number of nitrogens with zero attached hydrogens (tertiary/aromatic N) is 3. The number of imidazole rings is 1. The van der Waals surface area contributed by atoms with Crippen LogP contribution in [0.4, 0.5) is 5.69 Å². The first-order valence-electron chi connectivity index (χ1n) is 5.62. The largest absolute Gasteiger partial charge is 0.382 e. The highest BCUT2D eigenvalue weighted by atomic mass is 35.5. The van der Waals surface area contributed by atoms with Gasteiger partial charge in [-0.25, -0.2) is 9.67 Å². The molecular weight excluding hydrogens is 254 g/mol. The fourth-order valence-electron chi connectivity index (χ4n) is 1.55. The molecule has 0 aliphatic heterocycles. The van der Waals surface area contributed by atoms with Gasteiger partial charge in [-0.3, -0.25) is 4.79 Å². The van der Waals surface area contributed by atoms with Gasteiger partial charge in [-0.2, -0.15) is 5.10 Å². The van der Waals surface area contributed by atoms with Crippen LogP contribution < -0.4 is 10.9 Å². The van der Waals surface area contributed by atoms with Gasteiger partial charge in [0.25, 0.3) is 5.56 Å². The van der Waals surface area contributed by atoms with Gasteiger partial charge in [-0.05, 0) is 6.42 Å². The highest BCUT2D eigenvalue weighted by molar-refractivity contribution is 6.32. The smallest absolute Gasteiger partial charge is 0.287 e. The summed E-state index contributed by atoms with van der Waals surface area (Å²) in [7, 11) is 1.56. The zero-order valence-corrected chi connectivity index (χ0v) is 10.7. The minimum absolute atomic E-state index is 0.172. The predicted molar refractivity (Wildman–Crippen MR) is 69.9 cm³/mol. The van der Waals surface area contributed by atoms with E-state index in [0.29, 0.717) is 12.2 Å². The lowest BCUT2D eigenvalue weighted by molar-refractivity contribution is 0.707. The first kappa shape index (κ1) is 12.6. The van der Waals surface area contributed by atoms with Crippen molar-refractivity contribution in [1.82, 2.24) is 19.7 Å².